The number of hydrogen-bond donors (Lipinski definition) is 1. The maximum atomic E-state index is 12.2. The zero-order valence-electron chi connectivity index (χ0n) is 9.54. The van der Waals surface area contributed by atoms with E-state index < -0.39 is 6.10 Å². The summed E-state index contributed by atoms with van der Waals surface area (Å²) in [6.45, 7) is 0.449. The van der Waals surface area contributed by atoms with Crippen molar-refractivity contribution in [1.82, 2.24) is 9.97 Å². The van der Waals surface area contributed by atoms with E-state index in [2.05, 4.69) is 15.3 Å². The van der Waals surface area contributed by atoms with Crippen LogP contribution in [0.25, 0.3) is 0 Å². The van der Waals surface area contributed by atoms with E-state index in [9.17, 15) is 4.79 Å². The summed E-state index contributed by atoms with van der Waals surface area (Å²) in [5.41, 5.74) is 1.37. The molecule has 1 N–H and O–H groups in total. The molecular weight excluding hydrogens is 230 g/mol. The fourth-order valence-electron chi connectivity index (χ4n) is 1.87. The van der Waals surface area contributed by atoms with Gasteiger partial charge in [0, 0.05) is 12.4 Å². The van der Waals surface area contributed by atoms with E-state index in [1.165, 1.54) is 18.7 Å². The van der Waals surface area contributed by atoms with Crippen LogP contribution in [0, 0.1) is 0 Å². The van der Waals surface area contributed by atoms with Crippen LogP contribution in [0.15, 0.2) is 43.0 Å². The standard InChI is InChI=1S/C13H11N3O2/c17-13(9-5-14-8-15-6-9)12-7-16-10-3-1-2-4-11(10)18-12/h1-6,8,12,16H,7H2. The lowest BCUT2D eigenvalue weighted by Crippen LogP contribution is -2.37. The lowest BCUT2D eigenvalue weighted by atomic mass is 10.1. The summed E-state index contributed by atoms with van der Waals surface area (Å²) >= 11 is 0. The summed E-state index contributed by atoms with van der Waals surface area (Å²) in [6, 6.07) is 7.55. The molecule has 0 bridgehead atoms. The highest BCUT2D eigenvalue weighted by molar-refractivity contribution is 5.99. The molecule has 0 radical (unpaired) electrons. The highest BCUT2D eigenvalue weighted by Gasteiger charge is 2.26. The topological polar surface area (TPSA) is 64.1 Å². The Hall–Kier alpha value is -2.43. The molecule has 0 amide bonds. The third-order valence-corrected chi connectivity index (χ3v) is 2.77. The van der Waals surface area contributed by atoms with Gasteiger partial charge in [-0.05, 0) is 12.1 Å². The van der Waals surface area contributed by atoms with Crippen molar-refractivity contribution in [3.63, 3.8) is 0 Å². The van der Waals surface area contributed by atoms with Gasteiger partial charge in [0.2, 0.25) is 5.78 Å². The van der Waals surface area contributed by atoms with Crippen LogP contribution in [-0.2, 0) is 0 Å². The van der Waals surface area contributed by atoms with Crippen molar-refractivity contribution in [1.29, 1.82) is 0 Å². The summed E-state index contributed by atoms with van der Waals surface area (Å²) in [5.74, 6) is 0.580. The van der Waals surface area contributed by atoms with Gasteiger partial charge in [-0.2, -0.15) is 0 Å². The van der Waals surface area contributed by atoms with Crippen molar-refractivity contribution in [2.75, 3.05) is 11.9 Å². The zero-order valence-corrected chi connectivity index (χ0v) is 9.54. The van der Waals surface area contributed by atoms with Crippen molar-refractivity contribution >= 4 is 11.5 Å². The van der Waals surface area contributed by atoms with Crippen LogP contribution in [0.3, 0.4) is 0 Å². The second kappa shape index (κ2) is 4.44. The minimum Gasteiger partial charge on any atom is -0.478 e. The molecule has 5 nitrogen and oxygen atoms in total. The molecule has 18 heavy (non-hydrogen) atoms. The Labute approximate surface area is 104 Å². The summed E-state index contributed by atoms with van der Waals surface area (Å²) in [4.78, 5) is 19.8. The van der Waals surface area contributed by atoms with Crippen LogP contribution in [-0.4, -0.2) is 28.4 Å². The average Bonchev–Trinajstić information content (AvgIpc) is 2.47. The minimum absolute atomic E-state index is 0.113. The molecule has 3 rings (SSSR count). The Morgan fingerprint density at radius 1 is 1.28 bits per heavy atom. The van der Waals surface area contributed by atoms with E-state index in [4.69, 9.17) is 4.74 Å². The van der Waals surface area contributed by atoms with Crippen LogP contribution < -0.4 is 10.1 Å². The van der Waals surface area contributed by atoms with Gasteiger partial charge >= 0.3 is 0 Å². The minimum atomic E-state index is -0.536. The molecular formula is C13H11N3O2. The zero-order chi connectivity index (χ0) is 12.4. The average molecular weight is 241 g/mol. The molecule has 0 fully saturated rings. The maximum Gasteiger partial charge on any atom is 0.208 e. The van der Waals surface area contributed by atoms with Crippen molar-refractivity contribution in [3.8, 4) is 5.75 Å². The second-order valence-corrected chi connectivity index (χ2v) is 3.97. The van der Waals surface area contributed by atoms with E-state index in [-0.39, 0.29) is 5.78 Å². The first kappa shape index (κ1) is 10.7. The van der Waals surface area contributed by atoms with Gasteiger partial charge in [-0.1, -0.05) is 12.1 Å². The van der Waals surface area contributed by atoms with Gasteiger partial charge in [-0.15, -0.1) is 0 Å². The summed E-state index contributed by atoms with van der Waals surface area (Å²) < 4.78 is 5.68. The molecule has 90 valence electrons. The van der Waals surface area contributed by atoms with Gasteiger partial charge in [-0.3, -0.25) is 4.79 Å². The lowest BCUT2D eigenvalue weighted by Gasteiger charge is -2.26. The number of hydrogen-bond acceptors (Lipinski definition) is 5. The number of nitrogens with one attached hydrogen (secondary N) is 1. The smallest absolute Gasteiger partial charge is 0.208 e. The quantitative estimate of drug-likeness (QED) is 0.808. The molecule has 0 spiro atoms. The van der Waals surface area contributed by atoms with Crippen molar-refractivity contribution in [2.24, 2.45) is 0 Å². The molecule has 0 saturated carbocycles. The molecule has 1 aromatic heterocycles. The first-order valence-electron chi connectivity index (χ1n) is 5.63. The Balaban J connectivity index is 1.82. The number of anilines is 1. The molecule has 1 aromatic carbocycles. The fraction of sp³-hybridized carbons (Fsp3) is 0.154. The second-order valence-electron chi connectivity index (χ2n) is 3.97. The normalized spacial score (nSPS) is 17.2. The van der Waals surface area contributed by atoms with E-state index >= 15 is 0 Å². The Kier molecular flexibility index (Phi) is 2.64. The molecule has 2 heterocycles. The van der Waals surface area contributed by atoms with E-state index in [0.717, 1.165) is 5.69 Å². The number of carbonyl (C=O) groups excluding carboxylic acids is 1. The monoisotopic (exact) mass is 241 g/mol. The Bertz CT molecular complexity index is 571. The van der Waals surface area contributed by atoms with Crippen molar-refractivity contribution in [3.05, 3.63) is 48.5 Å². The summed E-state index contributed by atoms with van der Waals surface area (Å²) in [5, 5.41) is 3.18. The molecule has 1 aliphatic rings. The van der Waals surface area contributed by atoms with Crippen LogP contribution >= 0.6 is 0 Å². The summed E-state index contributed by atoms with van der Waals surface area (Å²) in [7, 11) is 0. The van der Waals surface area contributed by atoms with Gasteiger partial charge < -0.3 is 10.1 Å². The number of carbonyl (C=O) groups is 1. The first-order valence-corrected chi connectivity index (χ1v) is 5.63. The van der Waals surface area contributed by atoms with E-state index in [0.29, 0.717) is 17.9 Å². The van der Waals surface area contributed by atoms with Crippen LogP contribution in [0.1, 0.15) is 10.4 Å². The molecule has 1 aliphatic heterocycles. The number of ether oxygens (including phenoxy) is 1. The van der Waals surface area contributed by atoms with Crippen molar-refractivity contribution in [2.45, 2.75) is 6.10 Å². The largest absolute Gasteiger partial charge is 0.478 e. The molecule has 1 atom stereocenters. The fourth-order valence-corrected chi connectivity index (χ4v) is 1.87. The highest BCUT2D eigenvalue weighted by atomic mass is 16.5. The molecule has 1 unspecified atom stereocenters. The SMILES string of the molecule is O=C(c1cncnc1)C1CNc2ccccc2O1. The first-order chi connectivity index (χ1) is 8.84. The number of rotatable bonds is 2. The highest BCUT2D eigenvalue weighted by Crippen LogP contribution is 2.28. The predicted octanol–water partition coefficient (Wildman–Crippen LogP) is 1.53. The van der Waals surface area contributed by atoms with Gasteiger partial charge in [0.15, 0.2) is 6.10 Å². The number of para-hydroxylation sites is 2. The van der Waals surface area contributed by atoms with Crippen LogP contribution in [0.5, 0.6) is 5.75 Å². The maximum absolute atomic E-state index is 12.2. The number of fused-ring (bicyclic) bond motifs is 1. The third-order valence-electron chi connectivity index (χ3n) is 2.77. The van der Waals surface area contributed by atoms with E-state index in [1.54, 1.807) is 0 Å². The number of Topliss-reactive ketones (excluding diaryl/α,β-unsaturated/α-hetero) is 1. The Morgan fingerprint density at radius 3 is 2.89 bits per heavy atom. The van der Waals surface area contributed by atoms with Gasteiger partial charge in [0.25, 0.3) is 0 Å². The molecule has 5 heteroatoms. The number of ketones is 1. The lowest BCUT2D eigenvalue weighted by molar-refractivity contribution is 0.0801. The Morgan fingerprint density at radius 2 is 2.06 bits per heavy atom. The molecule has 2 aromatic rings. The number of benzene rings is 1. The van der Waals surface area contributed by atoms with Crippen LogP contribution in [0.4, 0.5) is 5.69 Å². The van der Waals surface area contributed by atoms with Gasteiger partial charge in [-0.25, -0.2) is 9.97 Å². The number of nitrogens with zero attached hydrogens (tertiary/aromatic N) is 2. The van der Waals surface area contributed by atoms with Crippen molar-refractivity contribution < 1.29 is 9.53 Å². The summed E-state index contributed by atoms with van der Waals surface area (Å²) in [6.07, 6.45) is 3.86. The van der Waals surface area contributed by atoms with Crippen LogP contribution in [0.2, 0.25) is 0 Å². The van der Waals surface area contributed by atoms with Gasteiger partial charge in [0.1, 0.15) is 12.1 Å². The molecule has 0 aliphatic carbocycles. The number of aromatic nitrogens is 2. The molecule has 0 saturated heterocycles. The van der Waals surface area contributed by atoms with E-state index in [1.807, 2.05) is 24.3 Å². The predicted molar refractivity (Wildman–Crippen MR) is 65.7 cm³/mol. The van der Waals surface area contributed by atoms with Gasteiger partial charge in [0.05, 0.1) is 17.8 Å². The third kappa shape index (κ3) is 1.90.